The Morgan fingerprint density at radius 3 is 2.76 bits per heavy atom. The van der Waals surface area contributed by atoms with Gasteiger partial charge in [0.2, 0.25) is 5.91 Å². The van der Waals surface area contributed by atoms with Gasteiger partial charge in [-0.2, -0.15) is 5.26 Å². The summed E-state index contributed by atoms with van der Waals surface area (Å²) in [6.07, 6.45) is 3.13. The number of halogens is 1. The maximum Gasteiger partial charge on any atom is 0.272 e. The largest absolute Gasteiger partial charge is 0.456 e. The predicted molar refractivity (Wildman–Crippen MR) is 123 cm³/mol. The van der Waals surface area contributed by atoms with Crippen molar-refractivity contribution in [3.8, 4) is 17.6 Å². The first-order valence-electron chi connectivity index (χ1n) is 11.2. The Balaban J connectivity index is 1.52. The zero-order valence-electron chi connectivity index (χ0n) is 18.2. The third kappa shape index (κ3) is 3.32. The lowest BCUT2D eigenvalue weighted by Gasteiger charge is -2.35. The molecule has 0 saturated carbocycles. The summed E-state index contributed by atoms with van der Waals surface area (Å²) in [6.45, 7) is 1.17. The van der Waals surface area contributed by atoms with E-state index >= 15 is 0 Å². The van der Waals surface area contributed by atoms with Crippen LogP contribution in [0, 0.1) is 11.3 Å². The minimum atomic E-state index is -0.198. The SMILES string of the molecule is N#Cc1ccc2cc1Oc1ccc(Cl)c(c1)CN1CCN(CC1=O)C(=O)c1cnc3n1C2CC3. The Morgan fingerprint density at radius 2 is 1.94 bits per heavy atom. The monoisotopic (exact) mass is 473 g/mol. The Kier molecular flexibility index (Phi) is 4.82. The number of rotatable bonds is 0. The molecule has 1 unspecified atom stereocenters. The van der Waals surface area contributed by atoms with Gasteiger partial charge < -0.3 is 19.1 Å². The summed E-state index contributed by atoms with van der Waals surface area (Å²) < 4.78 is 8.13. The number of hydrogen-bond donors (Lipinski definition) is 0. The van der Waals surface area contributed by atoms with Gasteiger partial charge in [-0.3, -0.25) is 9.59 Å². The van der Waals surface area contributed by atoms with Crippen LogP contribution in [0.4, 0.5) is 0 Å². The summed E-state index contributed by atoms with van der Waals surface area (Å²) in [7, 11) is 0. The van der Waals surface area contributed by atoms with Crippen LogP contribution in [0.2, 0.25) is 5.02 Å². The molecule has 1 atom stereocenters. The van der Waals surface area contributed by atoms with Gasteiger partial charge >= 0.3 is 0 Å². The number of amides is 2. The van der Waals surface area contributed by atoms with Gasteiger partial charge in [-0.1, -0.05) is 17.7 Å². The van der Waals surface area contributed by atoms with Crippen LogP contribution < -0.4 is 4.74 Å². The maximum absolute atomic E-state index is 13.4. The zero-order valence-corrected chi connectivity index (χ0v) is 19.0. The third-order valence-electron chi connectivity index (χ3n) is 6.77. The number of ether oxygens (including phenoxy) is 1. The van der Waals surface area contributed by atoms with Crippen molar-refractivity contribution in [1.29, 1.82) is 5.26 Å². The second kappa shape index (κ2) is 7.89. The molecule has 34 heavy (non-hydrogen) atoms. The molecule has 0 spiro atoms. The second-order valence-corrected chi connectivity index (χ2v) is 9.16. The summed E-state index contributed by atoms with van der Waals surface area (Å²) in [5.74, 6) is 1.48. The first-order chi connectivity index (χ1) is 16.5. The summed E-state index contributed by atoms with van der Waals surface area (Å²) in [4.78, 5) is 34.2. The Bertz CT molecular complexity index is 1390. The van der Waals surface area contributed by atoms with Crippen molar-refractivity contribution in [1.82, 2.24) is 19.4 Å². The molecule has 0 aliphatic carbocycles. The average molecular weight is 474 g/mol. The second-order valence-electron chi connectivity index (χ2n) is 8.75. The molecule has 9 heteroatoms. The van der Waals surface area contributed by atoms with Gasteiger partial charge in [0.15, 0.2) is 0 Å². The van der Waals surface area contributed by atoms with E-state index in [1.807, 2.05) is 16.7 Å². The molecule has 1 aromatic heterocycles. The quantitative estimate of drug-likeness (QED) is 0.498. The number of benzene rings is 2. The molecule has 2 amide bonds. The molecule has 2 aromatic carbocycles. The minimum absolute atomic E-state index is 0.0127. The zero-order chi connectivity index (χ0) is 23.4. The molecule has 4 aliphatic heterocycles. The van der Waals surface area contributed by atoms with E-state index < -0.39 is 0 Å². The van der Waals surface area contributed by atoms with Crippen molar-refractivity contribution in [2.75, 3.05) is 19.6 Å². The normalized spacial score (nSPS) is 19.1. The molecule has 7 rings (SSSR count). The summed E-state index contributed by atoms with van der Waals surface area (Å²) in [6, 6.07) is 12.9. The lowest BCUT2D eigenvalue weighted by Crippen LogP contribution is -2.52. The van der Waals surface area contributed by atoms with Gasteiger partial charge in [0.1, 0.15) is 35.6 Å². The number of imidazole rings is 1. The van der Waals surface area contributed by atoms with E-state index in [2.05, 4.69) is 11.1 Å². The molecule has 0 radical (unpaired) electrons. The highest BCUT2D eigenvalue weighted by atomic mass is 35.5. The number of carbonyl (C=O) groups excluding carboxylic acids is 2. The number of carbonyl (C=O) groups is 2. The fourth-order valence-corrected chi connectivity index (χ4v) is 5.18. The number of fused-ring (bicyclic) bond motifs is 2. The predicted octanol–water partition coefficient (Wildman–Crippen LogP) is 3.53. The molecule has 1 fully saturated rings. The molecule has 4 aliphatic rings. The van der Waals surface area contributed by atoms with Crippen LogP contribution in [-0.2, 0) is 17.8 Å². The molecule has 3 aromatic rings. The first kappa shape index (κ1) is 20.8. The van der Waals surface area contributed by atoms with Crippen LogP contribution in [0.1, 0.15) is 45.5 Å². The first-order valence-corrected chi connectivity index (χ1v) is 11.5. The van der Waals surface area contributed by atoms with Crippen LogP contribution in [0.15, 0.2) is 42.6 Å². The van der Waals surface area contributed by atoms with E-state index in [1.165, 1.54) is 0 Å². The summed E-state index contributed by atoms with van der Waals surface area (Å²) in [5, 5.41) is 10.2. The molecule has 170 valence electrons. The van der Waals surface area contributed by atoms with Gasteiger partial charge in [0, 0.05) is 31.1 Å². The van der Waals surface area contributed by atoms with Crippen molar-refractivity contribution in [2.45, 2.75) is 25.4 Å². The average Bonchev–Trinajstić information content (AvgIpc) is 3.44. The van der Waals surface area contributed by atoms with Crippen LogP contribution in [0.5, 0.6) is 11.5 Å². The van der Waals surface area contributed by atoms with E-state index in [4.69, 9.17) is 16.3 Å². The lowest BCUT2D eigenvalue weighted by molar-refractivity contribution is -0.135. The van der Waals surface area contributed by atoms with Gasteiger partial charge in [0.25, 0.3) is 5.91 Å². The molecule has 0 N–H and O–H groups in total. The molecule has 1 saturated heterocycles. The highest BCUT2D eigenvalue weighted by Gasteiger charge is 2.34. The summed E-state index contributed by atoms with van der Waals surface area (Å²) >= 11 is 6.43. The molecule has 6 bridgehead atoms. The van der Waals surface area contributed by atoms with Crippen LogP contribution in [0.25, 0.3) is 0 Å². The summed E-state index contributed by atoms with van der Waals surface area (Å²) in [5.41, 5.74) is 2.56. The van der Waals surface area contributed by atoms with Crippen molar-refractivity contribution in [2.24, 2.45) is 0 Å². The van der Waals surface area contributed by atoms with Crippen LogP contribution >= 0.6 is 11.6 Å². The van der Waals surface area contributed by atoms with Gasteiger partial charge in [-0.25, -0.2) is 4.98 Å². The van der Waals surface area contributed by atoms with Crippen molar-refractivity contribution in [3.63, 3.8) is 0 Å². The maximum atomic E-state index is 13.4. The lowest BCUT2D eigenvalue weighted by atomic mass is 10.0. The van der Waals surface area contributed by atoms with Gasteiger partial charge in [-0.15, -0.1) is 0 Å². The fraction of sp³-hybridized carbons (Fsp3) is 0.280. The number of nitrogens with zero attached hydrogens (tertiary/aromatic N) is 5. The molecular formula is C25H20ClN5O3. The van der Waals surface area contributed by atoms with E-state index in [-0.39, 0.29) is 24.4 Å². The minimum Gasteiger partial charge on any atom is -0.456 e. The Hall–Kier alpha value is -3.83. The van der Waals surface area contributed by atoms with E-state index in [9.17, 15) is 14.9 Å². The topological polar surface area (TPSA) is 91.5 Å². The van der Waals surface area contributed by atoms with E-state index in [0.717, 1.165) is 29.8 Å². The Labute approximate surface area is 200 Å². The molecular weight excluding hydrogens is 454 g/mol. The van der Waals surface area contributed by atoms with Crippen LogP contribution in [0.3, 0.4) is 0 Å². The van der Waals surface area contributed by atoms with Crippen LogP contribution in [-0.4, -0.2) is 50.8 Å². The highest BCUT2D eigenvalue weighted by molar-refractivity contribution is 6.31. The number of nitriles is 1. The number of aromatic nitrogens is 2. The van der Waals surface area contributed by atoms with Crippen molar-refractivity contribution in [3.05, 3.63) is 75.8 Å². The van der Waals surface area contributed by atoms with Gasteiger partial charge in [0.05, 0.1) is 17.8 Å². The Morgan fingerprint density at radius 1 is 1.09 bits per heavy atom. The number of piperazine rings is 1. The smallest absolute Gasteiger partial charge is 0.272 e. The molecule has 5 heterocycles. The standard InChI is InChI=1S/C25H20ClN5O3/c26-19-4-3-18-9-17(19)13-29-7-8-30(14-24(29)32)25(33)21-12-28-23-6-5-20(31(21)23)15-1-2-16(11-27)22(10-15)34-18/h1-4,9-10,12,20H,5-8,13-14H2. The third-order valence-corrected chi connectivity index (χ3v) is 7.14. The fourth-order valence-electron chi connectivity index (χ4n) is 5.00. The van der Waals surface area contributed by atoms with Gasteiger partial charge in [-0.05, 0) is 47.9 Å². The number of hydrogen-bond acceptors (Lipinski definition) is 5. The van der Waals surface area contributed by atoms with Crippen molar-refractivity contribution < 1.29 is 14.3 Å². The number of aryl methyl sites for hydroxylation is 1. The van der Waals surface area contributed by atoms with E-state index in [1.54, 1.807) is 40.3 Å². The van der Waals surface area contributed by atoms with E-state index in [0.29, 0.717) is 47.4 Å². The molecule has 8 nitrogen and oxygen atoms in total. The highest BCUT2D eigenvalue weighted by Crippen LogP contribution is 2.37. The van der Waals surface area contributed by atoms with Crippen molar-refractivity contribution >= 4 is 23.4 Å².